The van der Waals surface area contributed by atoms with E-state index in [1.807, 2.05) is 11.0 Å². The smallest absolute Gasteiger partial charge is 0.263 e. The predicted octanol–water partition coefficient (Wildman–Crippen LogP) is 4.51. The van der Waals surface area contributed by atoms with E-state index in [-0.39, 0.29) is 11.5 Å². The van der Waals surface area contributed by atoms with Crippen LogP contribution < -0.4 is 15.0 Å². The Hall–Kier alpha value is -3.28. The third-order valence-corrected chi connectivity index (χ3v) is 7.01. The van der Waals surface area contributed by atoms with Crippen LogP contribution in [-0.2, 0) is 12.8 Å². The molecule has 1 fully saturated rings. The Bertz CT molecular complexity index is 1270. The zero-order chi connectivity index (χ0) is 22.9. The van der Waals surface area contributed by atoms with Gasteiger partial charge in [0.2, 0.25) is 0 Å². The Balaban J connectivity index is 1.73. The molecule has 0 bridgehead atoms. The summed E-state index contributed by atoms with van der Waals surface area (Å²) in [6, 6.07) is 9.68. The summed E-state index contributed by atoms with van der Waals surface area (Å²) in [7, 11) is 3.11. The molecular weight excluding hydrogens is 416 g/mol. The zero-order valence-corrected chi connectivity index (χ0v) is 19.4. The van der Waals surface area contributed by atoms with Gasteiger partial charge in [0.05, 0.1) is 25.2 Å². The molecule has 2 heterocycles. The topological polar surface area (TPSA) is 60.8 Å². The number of aromatic nitrogens is 1. The van der Waals surface area contributed by atoms with Crippen LogP contribution in [0.4, 0.5) is 0 Å². The van der Waals surface area contributed by atoms with Gasteiger partial charge < -0.3 is 14.4 Å². The van der Waals surface area contributed by atoms with Crippen LogP contribution in [-0.4, -0.2) is 42.7 Å². The molecule has 1 aliphatic heterocycles. The number of rotatable bonds is 4. The van der Waals surface area contributed by atoms with Crippen molar-refractivity contribution >= 4 is 16.7 Å². The molecule has 1 aliphatic carbocycles. The average molecular weight is 447 g/mol. The number of fused-ring (bicyclic) bond motifs is 2. The number of carbonyl (C=O) groups is 1. The number of piperidine rings is 1. The number of methoxy groups -OCH3 is 2. The molecule has 2 aromatic carbocycles. The standard InChI is InChI=1S/C27H30N2O4/c1-32-24-15-21-22(16-25(24)33-2)27(31)29(17-23(21)26(30)28-12-6-3-7-13-28)20-11-10-18-8-4-5-9-19(18)14-20/h10-11,14-17H,3-9,12-13H2,1-2H3. The van der Waals surface area contributed by atoms with Crippen LogP contribution in [0.25, 0.3) is 16.5 Å². The Kier molecular flexibility index (Phi) is 5.83. The van der Waals surface area contributed by atoms with Crippen molar-refractivity contribution in [2.45, 2.75) is 44.9 Å². The van der Waals surface area contributed by atoms with Gasteiger partial charge in [-0.1, -0.05) is 6.07 Å². The lowest BCUT2D eigenvalue weighted by atomic mass is 9.91. The zero-order valence-electron chi connectivity index (χ0n) is 19.4. The van der Waals surface area contributed by atoms with Gasteiger partial charge in [-0.2, -0.15) is 0 Å². The Labute approximate surface area is 193 Å². The van der Waals surface area contributed by atoms with Crippen molar-refractivity contribution in [2.24, 2.45) is 0 Å². The van der Waals surface area contributed by atoms with Gasteiger partial charge in [-0.15, -0.1) is 0 Å². The quantitative estimate of drug-likeness (QED) is 0.592. The van der Waals surface area contributed by atoms with Crippen molar-refractivity contribution in [1.29, 1.82) is 0 Å². The summed E-state index contributed by atoms with van der Waals surface area (Å²) >= 11 is 0. The van der Waals surface area contributed by atoms with E-state index in [1.165, 1.54) is 24.0 Å². The molecule has 6 heteroatoms. The lowest BCUT2D eigenvalue weighted by Gasteiger charge is -2.27. The van der Waals surface area contributed by atoms with Gasteiger partial charge in [0.1, 0.15) is 0 Å². The number of hydrogen-bond donors (Lipinski definition) is 0. The van der Waals surface area contributed by atoms with Crippen LogP contribution in [0.3, 0.4) is 0 Å². The molecule has 1 amide bonds. The van der Waals surface area contributed by atoms with Gasteiger partial charge in [0, 0.05) is 30.4 Å². The summed E-state index contributed by atoms with van der Waals surface area (Å²) in [4.78, 5) is 29.2. The van der Waals surface area contributed by atoms with E-state index >= 15 is 0 Å². The first-order valence-electron chi connectivity index (χ1n) is 11.8. The second-order valence-electron chi connectivity index (χ2n) is 8.98. The van der Waals surface area contributed by atoms with E-state index in [0.717, 1.165) is 50.9 Å². The fourth-order valence-corrected chi connectivity index (χ4v) is 5.17. The maximum Gasteiger partial charge on any atom is 0.263 e. The minimum atomic E-state index is -0.170. The molecular formula is C27H30N2O4. The molecule has 3 aromatic rings. The summed E-state index contributed by atoms with van der Waals surface area (Å²) in [6.07, 6.45) is 9.35. The highest BCUT2D eigenvalue weighted by Crippen LogP contribution is 2.33. The number of likely N-dealkylation sites (tertiary alicyclic amines) is 1. The van der Waals surface area contributed by atoms with E-state index in [2.05, 4.69) is 12.1 Å². The van der Waals surface area contributed by atoms with Crippen molar-refractivity contribution in [3.05, 3.63) is 63.6 Å². The minimum absolute atomic E-state index is 0.0429. The molecule has 0 spiro atoms. The van der Waals surface area contributed by atoms with E-state index in [1.54, 1.807) is 37.1 Å². The summed E-state index contributed by atoms with van der Waals surface area (Å²) < 4.78 is 12.6. The van der Waals surface area contributed by atoms with Crippen LogP contribution in [0.1, 0.15) is 53.6 Å². The number of carbonyl (C=O) groups excluding carboxylic acids is 1. The highest BCUT2D eigenvalue weighted by atomic mass is 16.5. The lowest BCUT2D eigenvalue weighted by Crippen LogP contribution is -2.36. The number of pyridine rings is 1. The molecule has 33 heavy (non-hydrogen) atoms. The molecule has 1 aromatic heterocycles. The van der Waals surface area contributed by atoms with Crippen LogP contribution >= 0.6 is 0 Å². The number of amides is 1. The average Bonchev–Trinajstić information content (AvgIpc) is 2.88. The van der Waals surface area contributed by atoms with Crippen molar-refractivity contribution < 1.29 is 14.3 Å². The first-order chi connectivity index (χ1) is 16.1. The van der Waals surface area contributed by atoms with Crippen LogP contribution in [0.15, 0.2) is 41.3 Å². The third-order valence-electron chi connectivity index (χ3n) is 7.01. The van der Waals surface area contributed by atoms with E-state index < -0.39 is 0 Å². The Morgan fingerprint density at radius 3 is 2.18 bits per heavy atom. The van der Waals surface area contributed by atoms with Crippen molar-refractivity contribution in [2.75, 3.05) is 27.3 Å². The third kappa shape index (κ3) is 3.88. The summed E-state index contributed by atoms with van der Waals surface area (Å²) in [5, 5.41) is 1.05. The van der Waals surface area contributed by atoms with Gasteiger partial charge in [-0.05, 0) is 80.3 Å². The van der Waals surface area contributed by atoms with Gasteiger partial charge in [-0.3, -0.25) is 14.2 Å². The van der Waals surface area contributed by atoms with E-state index in [4.69, 9.17) is 9.47 Å². The number of hydrogen-bond acceptors (Lipinski definition) is 4. The summed E-state index contributed by atoms with van der Waals surface area (Å²) in [5.74, 6) is 0.934. The number of nitrogens with zero attached hydrogens (tertiary/aromatic N) is 2. The van der Waals surface area contributed by atoms with Crippen LogP contribution in [0.5, 0.6) is 11.5 Å². The molecule has 0 atom stereocenters. The number of benzene rings is 2. The highest BCUT2D eigenvalue weighted by Gasteiger charge is 2.24. The van der Waals surface area contributed by atoms with E-state index in [9.17, 15) is 9.59 Å². The van der Waals surface area contributed by atoms with Gasteiger partial charge in [-0.25, -0.2) is 0 Å². The molecule has 0 radical (unpaired) electrons. The molecule has 0 unspecified atom stereocenters. The second kappa shape index (κ2) is 8.93. The maximum atomic E-state index is 13.7. The highest BCUT2D eigenvalue weighted by molar-refractivity contribution is 6.07. The lowest BCUT2D eigenvalue weighted by molar-refractivity contribution is 0.0725. The first kappa shape index (κ1) is 21.6. The summed E-state index contributed by atoms with van der Waals surface area (Å²) in [5.41, 5.74) is 3.80. The summed E-state index contributed by atoms with van der Waals surface area (Å²) in [6.45, 7) is 1.48. The van der Waals surface area contributed by atoms with Crippen molar-refractivity contribution in [3.8, 4) is 17.2 Å². The predicted molar refractivity (Wildman–Crippen MR) is 129 cm³/mol. The molecule has 6 nitrogen and oxygen atoms in total. The second-order valence-corrected chi connectivity index (χ2v) is 8.98. The monoisotopic (exact) mass is 446 g/mol. The normalized spacial score (nSPS) is 15.9. The first-order valence-corrected chi connectivity index (χ1v) is 11.8. The fourth-order valence-electron chi connectivity index (χ4n) is 5.17. The Morgan fingerprint density at radius 1 is 0.818 bits per heavy atom. The van der Waals surface area contributed by atoms with Gasteiger partial charge >= 0.3 is 0 Å². The maximum absolute atomic E-state index is 13.7. The van der Waals surface area contributed by atoms with Crippen molar-refractivity contribution in [1.82, 2.24) is 9.47 Å². The molecule has 172 valence electrons. The van der Waals surface area contributed by atoms with Gasteiger partial charge in [0.15, 0.2) is 11.5 Å². The van der Waals surface area contributed by atoms with Gasteiger partial charge in [0.25, 0.3) is 11.5 Å². The van der Waals surface area contributed by atoms with Crippen molar-refractivity contribution in [3.63, 3.8) is 0 Å². The molecule has 2 aliphatic rings. The number of ether oxygens (including phenoxy) is 2. The fraction of sp³-hybridized carbons (Fsp3) is 0.407. The van der Waals surface area contributed by atoms with Crippen LogP contribution in [0, 0.1) is 0 Å². The SMILES string of the molecule is COc1cc2c(C(=O)N3CCCCC3)cn(-c3ccc4c(c3)CCCC4)c(=O)c2cc1OC. The largest absolute Gasteiger partial charge is 0.493 e. The number of aryl methyl sites for hydroxylation is 2. The molecule has 1 saturated heterocycles. The Morgan fingerprint density at radius 2 is 1.48 bits per heavy atom. The minimum Gasteiger partial charge on any atom is -0.493 e. The van der Waals surface area contributed by atoms with Crippen LogP contribution in [0.2, 0.25) is 0 Å². The molecule has 0 saturated carbocycles. The van der Waals surface area contributed by atoms with E-state index in [0.29, 0.717) is 27.8 Å². The molecule has 5 rings (SSSR count). The molecule has 0 N–H and O–H groups in total.